The van der Waals surface area contributed by atoms with Crippen molar-refractivity contribution in [2.75, 3.05) is 32.6 Å². The van der Waals surface area contributed by atoms with Crippen LogP contribution in [-0.2, 0) is 25.1 Å². The molecule has 13 heteroatoms. The van der Waals surface area contributed by atoms with Crippen LogP contribution in [-0.4, -0.2) is 62.5 Å². The minimum Gasteiger partial charge on any atom is -0.321 e. The molecule has 4 aromatic rings. The number of nitrogens with one attached hydrogen (secondary N) is 1. The molecule has 0 saturated heterocycles. The molecule has 1 amide bonds. The molecule has 0 spiro atoms. The Balaban J connectivity index is 1.71. The van der Waals surface area contributed by atoms with Crippen LogP contribution in [0.1, 0.15) is 12.6 Å². The predicted octanol–water partition coefficient (Wildman–Crippen LogP) is 4.20. The first-order valence-electron chi connectivity index (χ1n) is 12.2. The van der Waals surface area contributed by atoms with Crippen molar-refractivity contribution >= 4 is 30.5 Å². The lowest BCUT2D eigenvalue weighted by Gasteiger charge is -2.11. The Bertz CT molecular complexity index is 1640. The normalized spacial score (nSPS) is 13.0. The molecular weight excluding hydrogens is 533 g/mol. The third-order valence-corrected chi connectivity index (χ3v) is 6.66. The van der Waals surface area contributed by atoms with Gasteiger partial charge >= 0.3 is 7.82 Å². The van der Waals surface area contributed by atoms with Gasteiger partial charge in [0.25, 0.3) is 0 Å². The fourth-order valence-electron chi connectivity index (χ4n) is 3.87. The maximum absolute atomic E-state index is 12.3. The molecule has 0 aromatic carbocycles. The van der Waals surface area contributed by atoms with E-state index in [0.29, 0.717) is 40.0 Å². The van der Waals surface area contributed by atoms with E-state index < -0.39 is 7.82 Å². The van der Waals surface area contributed by atoms with E-state index in [0.717, 1.165) is 5.56 Å². The molecule has 0 aliphatic carbocycles. The smallest absolute Gasteiger partial charge is 0.321 e. The lowest BCUT2D eigenvalue weighted by atomic mass is 10.0. The number of likely N-dealkylation sites (N-methyl/N-ethyl adjacent to an activating group) is 1. The van der Waals surface area contributed by atoms with Gasteiger partial charge in [-0.1, -0.05) is 6.08 Å². The van der Waals surface area contributed by atoms with Crippen LogP contribution in [0.3, 0.4) is 0 Å². The van der Waals surface area contributed by atoms with E-state index in [1.165, 1.54) is 12.3 Å². The van der Waals surface area contributed by atoms with Crippen molar-refractivity contribution < 1.29 is 23.3 Å². The summed E-state index contributed by atoms with van der Waals surface area (Å²) >= 11 is 0. The largest absolute Gasteiger partial charge is 0.473 e. The lowest BCUT2D eigenvalue weighted by Crippen LogP contribution is -2.13. The van der Waals surface area contributed by atoms with E-state index in [-0.39, 0.29) is 24.9 Å². The molecule has 0 aliphatic heterocycles. The van der Waals surface area contributed by atoms with Gasteiger partial charge in [0.15, 0.2) is 0 Å². The number of nitriles is 1. The number of phosphoric ester groups is 1. The maximum atomic E-state index is 12.3. The minimum atomic E-state index is -4.25. The van der Waals surface area contributed by atoms with Crippen LogP contribution in [0.2, 0.25) is 0 Å². The summed E-state index contributed by atoms with van der Waals surface area (Å²) in [5.41, 5.74) is 4.08. The van der Waals surface area contributed by atoms with Gasteiger partial charge in [0.2, 0.25) is 5.91 Å². The Morgan fingerprint density at radius 2 is 1.98 bits per heavy atom. The predicted molar refractivity (Wildman–Crippen MR) is 150 cm³/mol. The summed E-state index contributed by atoms with van der Waals surface area (Å²) in [5.74, 6) is -0.270. The van der Waals surface area contributed by atoms with Gasteiger partial charge in [0.1, 0.15) is 24.1 Å². The molecule has 40 heavy (non-hydrogen) atoms. The number of hydrogen-bond acceptors (Lipinski definition) is 9. The van der Waals surface area contributed by atoms with Gasteiger partial charge in [0.05, 0.1) is 18.5 Å². The van der Waals surface area contributed by atoms with E-state index in [1.54, 1.807) is 60.6 Å². The summed E-state index contributed by atoms with van der Waals surface area (Å²) < 4.78 is 23.6. The molecule has 1 atom stereocenters. The zero-order chi connectivity index (χ0) is 28.7. The van der Waals surface area contributed by atoms with Gasteiger partial charge in [-0.3, -0.25) is 18.8 Å². The lowest BCUT2D eigenvalue weighted by molar-refractivity contribution is -0.111. The Hall–Kier alpha value is -4.24. The molecule has 4 heterocycles. The summed E-state index contributed by atoms with van der Waals surface area (Å²) in [6.45, 7) is 1.95. The number of fused-ring (bicyclic) bond motifs is 1. The molecule has 12 nitrogen and oxygen atoms in total. The van der Waals surface area contributed by atoms with Gasteiger partial charge in [-0.2, -0.15) is 5.26 Å². The molecule has 206 valence electrons. The molecule has 0 radical (unpaired) electrons. The number of hydrogen-bond donors (Lipinski definition) is 2. The zero-order valence-corrected chi connectivity index (χ0v) is 23.1. The number of nitrogens with zero attached hydrogens (tertiary/aromatic N) is 6. The third kappa shape index (κ3) is 7.24. The SMILES string of the molecule is CCOP(=O)(O)OCn1cc(-c2ccnc(C#N)c2)c2cc(-c3cncc(NC(=O)/C=C/CN(C)C)c3)cnc21. The summed E-state index contributed by atoms with van der Waals surface area (Å²) in [6, 6.07) is 9.11. The van der Waals surface area contributed by atoms with Gasteiger partial charge in [-0.05, 0) is 50.8 Å². The number of aromatic nitrogens is 4. The summed E-state index contributed by atoms with van der Waals surface area (Å²) in [7, 11) is -0.424. The Labute approximate surface area is 231 Å². The van der Waals surface area contributed by atoms with E-state index >= 15 is 0 Å². The number of phosphoric acid groups is 1. The van der Waals surface area contributed by atoms with Crippen molar-refractivity contribution in [2.24, 2.45) is 0 Å². The highest BCUT2D eigenvalue weighted by molar-refractivity contribution is 7.47. The number of rotatable bonds is 11. The first-order chi connectivity index (χ1) is 19.2. The van der Waals surface area contributed by atoms with Crippen molar-refractivity contribution in [1.29, 1.82) is 5.26 Å². The minimum absolute atomic E-state index is 0.0148. The van der Waals surface area contributed by atoms with E-state index in [2.05, 4.69) is 20.3 Å². The van der Waals surface area contributed by atoms with Crippen molar-refractivity contribution in [3.05, 3.63) is 73.1 Å². The van der Waals surface area contributed by atoms with Crippen LogP contribution < -0.4 is 5.32 Å². The molecule has 0 saturated carbocycles. The fraction of sp³-hybridized carbons (Fsp3) is 0.222. The van der Waals surface area contributed by atoms with Crippen molar-refractivity contribution in [3.8, 4) is 28.3 Å². The standard InChI is InChI=1S/C27H28N7O5P/c1-4-38-40(36,37)39-18-34-17-25(19-7-8-30-22(10-19)13-28)24-12-21(15-31-27(24)34)20-11-23(16-29-14-20)32-26(35)6-5-9-33(2)3/h5-8,10-12,14-17H,4,9,18H2,1-3H3,(H,32,35)(H,36,37)/b6-5+. The first kappa shape index (κ1) is 28.8. The van der Waals surface area contributed by atoms with Crippen LogP contribution >= 0.6 is 7.82 Å². The van der Waals surface area contributed by atoms with Crippen LogP contribution in [0.15, 0.2) is 67.4 Å². The number of carbonyl (C=O) groups is 1. The van der Waals surface area contributed by atoms with Gasteiger partial charge in [-0.15, -0.1) is 0 Å². The Morgan fingerprint density at radius 3 is 2.73 bits per heavy atom. The van der Waals surface area contributed by atoms with Gasteiger partial charge in [-0.25, -0.2) is 14.5 Å². The van der Waals surface area contributed by atoms with E-state index in [1.807, 2.05) is 31.1 Å². The van der Waals surface area contributed by atoms with Crippen LogP contribution in [0.25, 0.3) is 33.3 Å². The number of amides is 1. The summed E-state index contributed by atoms with van der Waals surface area (Å²) in [4.78, 5) is 37.0. The number of anilines is 1. The Kier molecular flexibility index (Phi) is 9.16. The van der Waals surface area contributed by atoms with E-state index in [9.17, 15) is 19.5 Å². The second kappa shape index (κ2) is 12.7. The van der Waals surface area contributed by atoms with E-state index in [4.69, 9.17) is 9.05 Å². The number of pyridine rings is 3. The van der Waals surface area contributed by atoms with Crippen molar-refractivity contribution in [2.45, 2.75) is 13.7 Å². The summed E-state index contributed by atoms with van der Waals surface area (Å²) in [6.07, 6.45) is 11.3. The molecule has 0 aliphatic rings. The maximum Gasteiger partial charge on any atom is 0.473 e. The quantitative estimate of drug-likeness (QED) is 0.201. The van der Waals surface area contributed by atoms with Crippen molar-refractivity contribution in [1.82, 2.24) is 24.4 Å². The highest BCUT2D eigenvalue weighted by Crippen LogP contribution is 2.44. The van der Waals surface area contributed by atoms with Crippen LogP contribution in [0, 0.1) is 11.3 Å². The molecular formula is C27H28N7O5P. The molecule has 4 rings (SSSR count). The van der Waals surface area contributed by atoms with Gasteiger partial charge < -0.3 is 19.7 Å². The highest BCUT2D eigenvalue weighted by Gasteiger charge is 2.22. The average Bonchev–Trinajstić information content (AvgIpc) is 3.30. The average molecular weight is 562 g/mol. The zero-order valence-electron chi connectivity index (χ0n) is 22.2. The topological polar surface area (TPSA) is 155 Å². The monoisotopic (exact) mass is 561 g/mol. The number of carbonyl (C=O) groups excluding carboxylic acids is 1. The second-order valence-corrected chi connectivity index (χ2v) is 10.4. The van der Waals surface area contributed by atoms with Crippen LogP contribution in [0.4, 0.5) is 5.69 Å². The molecule has 4 aromatic heterocycles. The fourth-order valence-corrected chi connectivity index (χ4v) is 4.54. The molecule has 0 bridgehead atoms. The first-order valence-corrected chi connectivity index (χ1v) is 13.7. The van der Waals surface area contributed by atoms with Crippen molar-refractivity contribution in [3.63, 3.8) is 0 Å². The molecule has 0 fully saturated rings. The Morgan fingerprint density at radius 1 is 1.18 bits per heavy atom. The summed E-state index contributed by atoms with van der Waals surface area (Å²) in [5, 5.41) is 12.8. The second-order valence-electron chi connectivity index (χ2n) is 8.91. The van der Waals surface area contributed by atoms with Gasteiger partial charge in [0, 0.05) is 59.5 Å². The highest BCUT2D eigenvalue weighted by atomic mass is 31.2. The third-order valence-electron chi connectivity index (χ3n) is 5.63. The van der Waals surface area contributed by atoms with Crippen LogP contribution in [0.5, 0.6) is 0 Å². The molecule has 2 N–H and O–H groups in total. The molecule has 1 unspecified atom stereocenters.